The number of halogens is 8. The highest BCUT2D eigenvalue weighted by Crippen LogP contribution is 2.39. The van der Waals surface area contributed by atoms with Crippen molar-refractivity contribution >= 4 is 73.8 Å². The Bertz CT molecular complexity index is 2380. The maximum atomic E-state index is 14.2. The second kappa shape index (κ2) is 22.8. The number of aliphatic hydroxyl groups is 2. The van der Waals surface area contributed by atoms with Gasteiger partial charge in [0.2, 0.25) is 0 Å². The first-order chi connectivity index (χ1) is 32.6. The molecule has 14 nitrogen and oxygen atoms in total. The number of hydrogen-bond acceptors (Lipinski definition) is 16. The van der Waals surface area contributed by atoms with E-state index in [-0.39, 0.29) is 68.7 Å². The Morgan fingerprint density at radius 3 is 1.51 bits per heavy atom. The van der Waals surface area contributed by atoms with Crippen LogP contribution in [0.4, 0.5) is 26.3 Å². The van der Waals surface area contributed by atoms with Crippen LogP contribution in [0.1, 0.15) is 47.1 Å². The third-order valence-electron chi connectivity index (χ3n) is 11.0. The SMILES string of the molecule is CCOC(=O)C1=C(CN2CC(F)C(O)C(F)C2)NC(c2nccs2)=NC1c1ccc(F)cc1Br.CCOC(=O)C1=C(CN2CC(F)C(O)C(F)C2)NC(c2nccs2)=NC1c1ccc(F)cc1Cl. The molecule has 0 saturated carbocycles. The molecule has 6 unspecified atom stereocenters. The van der Waals surface area contributed by atoms with Crippen LogP contribution in [0.3, 0.4) is 0 Å². The van der Waals surface area contributed by atoms with Crippen LogP contribution >= 0.6 is 50.2 Å². The molecular weight excluding hydrogens is 1030 g/mol. The molecule has 2 saturated heterocycles. The maximum absolute atomic E-state index is 14.2. The second-order valence-corrected chi connectivity index (χ2v) is 18.7. The zero-order chi connectivity index (χ0) is 48.8. The minimum Gasteiger partial charge on any atom is -0.463 e. The number of likely N-dealkylation sites (tertiary alicyclic amines) is 2. The fourth-order valence-corrected chi connectivity index (χ4v) is 9.87. The molecule has 8 rings (SSSR count). The maximum Gasteiger partial charge on any atom is 0.338 e. The van der Waals surface area contributed by atoms with Gasteiger partial charge in [-0.15, -0.1) is 22.7 Å². The number of nitrogens with one attached hydrogen (secondary N) is 2. The van der Waals surface area contributed by atoms with E-state index in [0.717, 1.165) is 6.07 Å². The predicted molar refractivity (Wildman–Crippen MR) is 246 cm³/mol. The molecule has 4 N–H and O–H groups in total. The number of alkyl halides is 4. The summed E-state index contributed by atoms with van der Waals surface area (Å²) in [6, 6.07) is 5.94. The van der Waals surface area contributed by atoms with Crippen LogP contribution in [-0.2, 0) is 19.1 Å². The molecule has 6 atom stereocenters. The van der Waals surface area contributed by atoms with Crippen LogP contribution in [-0.4, -0.2) is 143 Å². The molecule has 6 heterocycles. The van der Waals surface area contributed by atoms with E-state index >= 15 is 0 Å². The Balaban J connectivity index is 0.000000201. The fourth-order valence-electron chi connectivity index (χ4n) is 7.86. The number of aromatic nitrogens is 2. The molecule has 0 amide bonds. The van der Waals surface area contributed by atoms with E-state index in [1.165, 1.54) is 62.8 Å². The number of carbonyl (C=O) groups is 2. The molecule has 2 fully saturated rings. The van der Waals surface area contributed by atoms with Gasteiger partial charge in [0, 0.05) is 88.9 Å². The Morgan fingerprint density at radius 2 is 1.13 bits per heavy atom. The first-order valence-corrected chi connectivity index (χ1v) is 24.1. The average Bonchev–Trinajstić information content (AvgIpc) is 4.04. The summed E-state index contributed by atoms with van der Waals surface area (Å²) in [5.41, 5.74) is 1.76. The molecule has 0 bridgehead atoms. The Kier molecular flexibility index (Phi) is 17.1. The topological polar surface area (TPSA) is 174 Å². The van der Waals surface area contributed by atoms with Crippen LogP contribution < -0.4 is 10.6 Å². The fraction of sp³-hybridized carbons (Fsp3) is 0.409. The van der Waals surface area contributed by atoms with Crippen molar-refractivity contribution in [2.24, 2.45) is 9.98 Å². The molecule has 0 radical (unpaired) electrons. The van der Waals surface area contributed by atoms with E-state index in [9.17, 15) is 46.1 Å². The zero-order valence-corrected chi connectivity index (χ0v) is 40.1. The molecule has 0 spiro atoms. The lowest BCUT2D eigenvalue weighted by Crippen LogP contribution is -2.53. The molecule has 68 heavy (non-hydrogen) atoms. The lowest BCUT2D eigenvalue weighted by Gasteiger charge is -2.36. The minimum atomic E-state index is -1.78. The number of nitrogens with zero attached hydrogens (tertiary/aromatic N) is 6. The monoisotopic (exact) mass is 1070 g/mol. The molecule has 0 aliphatic carbocycles. The van der Waals surface area contributed by atoms with Crippen molar-refractivity contribution in [1.29, 1.82) is 0 Å². The van der Waals surface area contributed by atoms with Crippen molar-refractivity contribution < 1.29 is 55.6 Å². The standard InChI is InChI=1S/C22H22BrF3N4O3S.C22H22ClF3N4O3S/c2*1-2-33-22(32)17-16(10-30-8-14(25)19(31)15(26)9-30)28-20(21-27-5-6-34-21)29-18(17)12-4-3-11(24)7-13(12)23/h2*3-7,14-15,18-19,31H,2,8-10H2,1H3,(H,28,29). The molecule has 24 heteroatoms. The van der Waals surface area contributed by atoms with Crippen molar-refractivity contribution in [2.75, 3.05) is 52.5 Å². The van der Waals surface area contributed by atoms with E-state index in [0.29, 0.717) is 48.7 Å². The summed E-state index contributed by atoms with van der Waals surface area (Å²) in [6.07, 6.45) is -7.31. The first-order valence-electron chi connectivity index (χ1n) is 21.1. The van der Waals surface area contributed by atoms with Gasteiger partial charge in [-0.2, -0.15) is 0 Å². The number of thiazole rings is 2. The van der Waals surface area contributed by atoms with Crippen molar-refractivity contribution in [2.45, 2.75) is 62.8 Å². The molecule has 2 aromatic heterocycles. The van der Waals surface area contributed by atoms with Crippen LogP contribution in [0.25, 0.3) is 0 Å². The molecule has 4 aromatic rings. The third-order valence-corrected chi connectivity index (χ3v) is 13.6. The van der Waals surface area contributed by atoms with E-state index in [1.807, 2.05) is 0 Å². The number of aliphatic hydroxyl groups excluding tert-OH is 2. The summed E-state index contributed by atoms with van der Waals surface area (Å²) in [6.45, 7) is 2.53. The Labute approximate surface area is 407 Å². The quantitative estimate of drug-likeness (QED) is 0.0898. The summed E-state index contributed by atoms with van der Waals surface area (Å²) in [5.74, 6) is -1.67. The van der Waals surface area contributed by atoms with Gasteiger partial charge in [0.25, 0.3) is 0 Å². The summed E-state index contributed by atoms with van der Waals surface area (Å²) >= 11 is 12.3. The molecule has 4 aliphatic heterocycles. The van der Waals surface area contributed by atoms with Crippen molar-refractivity contribution in [1.82, 2.24) is 30.4 Å². The van der Waals surface area contributed by atoms with E-state index < -0.39 is 72.6 Å². The van der Waals surface area contributed by atoms with Crippen LogP contribution in [0, 0.1) is 11.6 Å². The van der Waals surface area contributed by atoms with E-state index in [4.69, 9.17) is 26.1 Å². The average molecular weight is 1070 g/mol. The summed E-state index contributed by atoms with van der Waals surface area (Å²) in [5, 5.41) is 30.1. The number of amidine groups is 2. The van der Waals surface area contributed by atoms with E-state index in [2.05, 4.69) is 41.5 Å². The molecule has 2 aromatic carbocycles. The lowest BCUT2D eigenvalue weighted by atomic mass is 9.94. The first kappa shape index (κ1) is 51.1. The van der Waals surface area contributed by atoms with Gasteiger partial charge >= 0.3 is 11.9 Å². The number of ether oxygens (including phenoxy) is 2. The van der Waals surface area contributed by atoms with Crippen molar-refractivity contribution in [3.8, 4) is 0 Å². The lowest BCUT2D eigenvalue weighted by molar-refractivity contribution is -0.139. The number of piperidine rings is 2. The Hall–Kier alpha value is -4.75. The highest BCUT2D eigenvalue weighted by atomic mass is 79.9. The number of aliphatic imine (C=N–C) groups is 2. The molecule has 4 aliphatic rings. The van der Waals surface area contributed by atoms with Crippen LogP contribution in [0.5, 0.6) is 0 Å². The number of rotatable bonds is 12. The normalized spacial score (nSPS) is 25.6. The predicted octanol–water partition coefficient (Wildman–Crippen LogP) is 6.50. The van der Waals surface area contributed by atoms with Gasteiger partial charge in [-0.3, -0.25) is 19.8 Å². The summed E-state index contributed by atoms with van der Waals surface area (Å²) < 4.78 is 95.3. The highest BCUT2D eigenvalue weighted by Gasteiger charge is 2.41. The molecular formula is C44H44BrClF6N8O6S2. The number of carbonyl (C=O) groups excluding carboxylic acids is 2. The van der Waals surface area contributed by atoms with Crippen LogP contribution in [0.15, 0.2) is 96.5 Å². The summed E-state index contributed by atoms with van der Waals surface area (Å²) in [4.78, 5) is 46.9. The number of esters is 2. The van der Waals surface area contributed by atoms with Crippen molar-refractivity contribution in [3.05, 3.63) is 124 Å². The van der Waals surface area contributed by atoms with Gasteiger partial charge in [-0.25, -0.2) is 45.9 Å². The zero-order valence-electron chi connectivity index (χ0n) is 36.1. The van der Waals surface area contributed by atoms with Gasteiger partial charge in [-0.05, 0) is 43.7 Å². The smallest absolute Gasteiger partial charge is 0.338 e. The van der Waals surface area contributed by atoms with Gasteiger partial charge in [-0.1, -0.05) is 39.7 Å². The minimum absolute atomic E-state index is 0.0264. The van der Waals surface area contributed by atoms with Crippen molar-refractivity contribution in [3.63, 3.8) is 0 Å². The highest BCUT2D eigenvalue weighted by molar-refractivity contribution is 9.10. The Morgan fingerprint density at radius 1 is 0.721 bits per heavy atom. The van der Waals surface area contributed by atoms with E-state index in [1.54, 1.807) is 37.0 Å². The third kappa shape index (κ3) is 11.8. The van der Waals surface area contributed by atoms with Gasteiger partial charge in [0.15, 0.2) is 21.7 Å². The molecule has 364 valence electrons. The van der Waals surface area contributed by atoms with Gasteiger partial charge < -0.3 is 30.3 Å². The van der Waals surface area contributed by atoms with Gasteiger partial charge in [0.05, 0.1) is 24.4 Å². The summed E-state index contributed by atoms with van der Waals surface area (Å²) in [7, 11) is 0. The number of hydrogen-bond donors (Lipinski definition) is 4. The van der Waals surface area contributed by atoms with Crippen LogP contribution in [0.2, 0.25) is 5.02 Å². The largest absolute Gasteiger partial charge is 0.463 e. The number of benzene rings is 2. The second-order valence-electron chi connectivity index (χ2n) is 15.7. The van der Waals surface area contributed by atoms with Gasteiger partial charge in [0.1, 0.15) is 60.6 Å².